The average molecular weight is 246 g/mol. The third kappa shape index (κ3) is 2.48. The second-order valence-electron chi connectivity index (χ2n) is 3.22. The van der Waals surface area contributed by atoms with Gasteiger partial charge in [0.1, 0.15) is 11.5 Å². The summed E-state index contributed by atoms with van der Waals surface area (Å²) >= 11 is 0. The molecule has 0 saturated heterocycles. The van der Waals surface area contributed by atoms with Crippen molar-refractivity contribution in [2.24, 2.45) is 0 Å². The zero-order valence-corrected chi connectivity index (χ0v) is 8.79. The summed E-state index contributed by atoms with van der Waals surface area (Å²) in [5.74, 6) is -0.140. The number of aryl methyl sites for hydroxylation is 1. The maximum atomic E-state index is 12.2. The van der Waals surface area contributed by atoms with E-state index in [1.807, 2.05) is 0 Å². The first-order chi connectivity index (χ1) is 7.44. The number of carbonyl (C=O) groups excluding carboxylic acids is 1. The molecule has 7 heteroatoms. The molecule has 0 bridgehead atoms. The van der Waals surface area contributed by atoms with E-state index in [-0.39, 0.29) is 18.1 Å². The van der Waals surface area contributed by atoms with E-state index >= 15 is 0 Å². The van der Waals surface area contributed by atoms with Gasteiger partial charge in [0.2, 0.25) is 0 Å². The highest BCUT2D eigenvalue weighted by molar-refractivity contribution is 7.81. The molecule has 1 heterocycles. The molecule has 2 rings (SSSR count). The van der Waals surface area contributed by atoms with Crippen LogP contribution < -0.4 is 8.92 Å². The summed E-state index contributed by atoms with van der Waals surface area (Å²) in [6.07, 6.45) is 0.622. The van der Waals surface area contributed by atoms with Crippen molar-refractivity contribution >= 4 is 16.5 Å². The van der Waals surface area contributed by atoms with E-state index in [1.165, 1.54) is 18.2 Å². The summed E-state index contributed by atoms with van der Waals surface area (Å²) < 4.78 is 41.7. The third-order valence-electron chi connectivity index (χ3n) is 2.05. The molecule has 0 aromatic heterocycles. The number of halogens is 1. The average Bonchev–Trinajstić information content (AvgIpc) is 2.16. The summed E-state index contributed by atoms with van der Waals surface area (Å²) in [4.78, 5) is 10.9. The second kappa shape index (κ2) is 3.75. The Kier molecular flexibility index (Phi) is 2.55. The lowest BCUT2D eigenvalue weighted by Crippen LogP contribution is -2.15. The minimum Gasteiger partial charge on any atom is -0.426 e. The Morgan fingerprint density at radius 2 is 2.06 bits per heavy atom. The van der Waals surface area contributed by atoms with Crippen molar-refractivity contribution in [1.29, 1.82) is 0 Å². The van der Waals surface area contributed by atoms with Crippen molar-refractivity contribution in [3.8, 4) is 11.5 Å². The normalized spacial score (nSPS) is 15.2. The Balaban J connectivity index is 2.30. The minimum atomic E-state index is -5.02. The zero-order chi connectivity index (χ0) is 11.8. The first-order valence-electron chi connectivity index (χ1n) is 4.42. The predicted molar refractivity (Wildman–Crippen MR) is 51.1 cm³/mol. The van der Waals surface area contributed by atoms with Crippen LogP contribution in [0, 0.1) is 0 Å². The fourth-order valence-corrected chi connectivity index (χ4v) is 1.76. The monoisotopic (exact) mass is 246 g/mol. The van der Waals surface area contributed by atoms with Crippen LogP contribution in [0.15, 0.2) is 18.2 Å². The quantitative estimate of drug-likeness (QED) is 0.444. The molecule has 0 N–H and O–H groups in total. The van der Waals surface area contributed by atoms with E-state index in [4.69, 9.17) is 4.74 Å². The van der Waals surface area contributed by atoms with E-state index in [0.717, 1.165) is 0 Å². The third-order valence-corrected chi connectivity index (χ3v) is 2.44. The zero-order valence-electron chi connectivity index (χ0n) is 7.97. The Morgan fingerprint density at radius 1 is 1.31 bits per heavy atom. The van der Waals surface area contributed by atoms with Gasteiger partial charge in [-0.1, -0.05) is 3.89 Å². The molecular weight excluding hydrogens is 239 g/mol. The van der Waals surface area contributed by atoms with Gasteiger partial charge < -0.3 is 8.92 Å². The number of fused-ring (bicyclic) bond motifs is 1. The van der Waals surface area contributed by atoms with Crippen molar-refractivity contribution < 1.29 is 26.0 Å². The van der Waals surface area contributed by atoms with Gasteiger partial charge in [-0.05, 0) is 30.2 Å². The van der Waals surface area contributed by atoms with Gasteiger partial charge in [0, 0.05) is 0 Å². The Labute approximate surface area is 91.2 Å². The molecule has 5 nitrogen and oxygen atoms in total. The first kappa shape index (κ1) is 10.9. The van der Waals surface area contributed by atoms with Gasteiger partial charge in [0.05, 0.1) is 6.42 Å². The molecule has 1 aliphatic heterocycles. The molecular formula is C9H7FO5S. The number of rotatable bonds is 2. The molecule has 0 saturated carbocycles. The van der Waals surface area contributed by atoms with Crippen LogP contribution >= 0.6 is 0 Å². The highest BCUT2D eigenvalue weighted by Gasteiger charge is 2.19. The van der Waals surface area contributed by atoms with Gasteiger partial charge in [0.15, 0.2) is 0 Å². The van der Waals surface area contributed by atoms with Crippen molar-refractivity contribution in [1.82, 2.24) is 0 Å². The molecule has 0 amide bonds. The number of benzene rings is 1. The van der Waals surface area contributed by atoms with E-state index in [2.05, 4.69) is 4.18 Å². The molecule has 1 aliphatic rings. The van der Waals surface area contributed by atoms with Gasteiger partial charge in [0.25, 0.3) is 0 Å². The Bertz CT molecular complexity index is 537. The molecule has 1 aromatic rings. The molecule has 1 aromatic carbocycles. The molecule has 0 unspecified atom stereocenters. The molecule has 0 atom stereocenters. The molecule has 0 radical (unpaired) electrons. The Hall–Kier alpha value is -1.63. The Morgan fingerprint density at radius 3 is 2.75 bits per heavy atom. The van der Waals surface area contributed by atoms with Crippen molar-refractivity contribution in [3.63, 3.8) is 0 Å². The highest BCUT2D eigenvalue weighted by Crippen LogP contribution is 2.29. The van der Waals surface area contributed by atoms with Crippen molar-refractivity contribution in [3.05, 3.63) is 23.8 Å². The lowest BCUT2D eigenvalue weighted by molar-refractivity contribution is -0.135. The van der Waals surface area contributed by atoms with Crippen LogP contribution in [-0.4, -0.2) is 14.4 Å². The van der Waals surface area contributed by atoms with Crippen LogP contribution in [0.5, 0.6) is 11.5 Å². The minimum absolute atomic E-state index is 0.140. The van der Waals surface area contributed by atoms with Crippen LogP contribution in [0.2, 0.25) is 0 Å². The predicted octanol–water partition coefficient (Wildman–Crippen LogP) is 1.13. The largest absolute Gasteiger partial charge is 0.488 e. The SMILES string of the molecule is O=C1CCc2cc(OS(=O)(=O)F)ccc2O1. The van der Waals surface area contributed by atoms with Crippen LogP contribution in [0.25, 0.3) is 0 Å². The van der Waals surface area contributed by atoms with Crippen molar-refractivity contribution in [2.45, 2.75) is 12.8 Å². The van der Waals surface area contributed by atoms with Crippen LogP contribution in [0.4, 0.5) is 3.89 Å². The maximum Gasteiger partial charge on any atom is 0.488 e. The molecule has 0 spiro atoms. The fourth-order valence-electron chi connectivity index (χ4n) is 1.43. The topological polar surface area (TPSA) is 69.7 Å². The first-order valence-corrected chi connectivity index (χ1v) is 5.72. The second-order valence-corrected chi connectivity index (χ2v) is 4.17. The summed E-state index contributed by atoms with van der Waals surface area (Å²) in [5.41, 5.74) is 0.612. The van der Waals surface area contributed by atoms with E-state index in [0.29, 0.717) is 17.7 Å². The molecule has 86 valence electrons. The molecule has 0 aliphatic carbocycles. The van der Waals surface area contributed by atoms with Gasteiger partial charge in [-0.3, -0.25) is 4.79 Å². The lowest BCUT2D eigenvalue weighted by atomic mass is 10.1. The number of hydrogen-bond acceptors (Lipinski definition) is 5. The van der Waals surface area contributed by atoms with E-state index in [9.17, 15) is 17.1 Å². The van der Waals surface area contributed by atoms with E-state index < -0.39 is 10.5 Å². The number of hydrogen-bond donors (Lipinski definition) is 0. The standard InChI is InChI=1S/C9H7FO5S/c10-16(12,13)15-7-2-3-8-6(5-7)1-4-9(11)14-8/h2-3,5H,1,4H2. The summed E-state index contributed by atoms with van der Waals surface area (Å²) in [6.45, 7) is 0. The summed E-state index contributed by atoms with van der Waals surface area (Å²) in [7, 11) is -5.02. The number of esters is 1. The number of carbonyl (C=O) groups is 1. The van der Waals surface area contributed by atoms with E-state index in [1.54, 1.807) is 0 Å². The van der Waals surface area contributed by atoms with Crippen LogP contribution in [0.1, 0.15) is 12.0 Å². The fraction of sp³-hybridized carbons (Fsp3) is 0.222. The summed E-state index contributed by atoms with van der Waals surface area (Å²) in [6, 6.07) is 3.92. The highest BCUT2D eigenvalue weighted by atomic mass is 32.3. The van der Waals surface area contributed by atoms with Crippen LogP contribution in [0.3, 0.4) is 0 Å². The lowest BCUT2D eigenvalue weighted by Gasteiger charge is -2.15. The van der Waals surface area contributed by atoms with Crippen molar-refractivity contribution in [2.75, 3.05) is 0 Å². The van der Waals surface area contributed by atoms with Gasteiger partial charge in [-0.25, -0.2) is 0 Å². The van der Waals surface area contributed by atoms with Gasteiger partial charge in [-0.15, -0.1) is 0 Å². The maximum absolute atomic E-state index is 12.2. The van der Waals surface area contributed by atoms with Gasteiger partial charge >= 0.3 is 16.5 Å². The van der Waals surface area contributed by atoms with Crippen LogP contribution in [-0.2, 0) is 21.7 Å². The molecule has 16 heavy (non-hydrogen) atoms. The number of ether oxygens (including phenoxy) is 1. The smallest absolute Gasteiger partial charge is 0.426 e. The van der Waals surface area contributed by atoms with Gasteiger partial charge in [-0.2, -0.15) is 8.42 Å². The molecule has 0 fully saturated rings. The summed E-state index contributed by atoms with van der Waals surface area (Å²) in [5, 5.41) is 0.